The van der Waals surface area contributed by atoms with Gasteiger partial charge in [-0.1, -0.05) is 11.3 Å². The Hall–Kier alpha value is -1.55. The van der Waals surface area contributed by atoms with Crippen LogP contribution in [0.5, 0.6) is 0 Å². The number of carbonyl (C=O) groups excluding carboxylic acids is 1. The van der Waals surface area contributed by atoms with Crippen LogP contribution in [0.1, 0.15) is 20.7 Å². The summed E-state index contributed by atoms with van der Waals surface area (Å²) in [4.78, 5) is 15.8. The third kappa shape index (κ3) is 4.74. The molecule has 0 atom stereocenters. The van der Waals surface area contributed by atoms with E-state index in [1.165, 1.54) is 11.3 Å². The van der Waals surface area contributed by atoms with Gasteiger partial charge in [0.2, 0.25) is 10.9 Å². The minimum absolute atomic E-state index is 0.161. The number of nitrogens with one attached hydrogen (secondary N) is 1. The number of thiazole rings is 1. The van der Waals surface area contributed by atoms with Crippen molar-refractivity contribution in [3.63, 3.8) is 0 Å². The second-order valence-corrected chi connectivity index (χ2v) is 6.26. The van der Waals surface area contributed by atoms with Crippen LogP contribution in [0.25, 0.3) is 0 Å². The monoisotopic (exact) mass is 336 g/mol. The molecule has 1 amide bonds. The van der Waals surface area contributed by atoms with Crippen molar-refractivity contribution in [2.45, 2.75) is 25.9 Å². The van der Waals surface area contributed by atoms with E-state index in [1.807, 2.05) is 6.92 Å². The fourth-order valence-corrected chi connectivity index (χ4v) is 2.81. The lowest BCUT2D eigenvalue weighted by molar-refractivity contribution is -0.138. The molecule has 2 aromatic rings. The molecule has 0 saturated carbocycles. The smallest absolute Gasteiger partial charge is 0.355 e. The minimum atomic E-state index is -4.47. The van der Waals surface area contributed by atoms with Gasteiger partial charge < -0.3 is 5.32 Å². The van der Waals surface area contributed by atoms with Crippen molar-refractivity contribution < 1.29 is 18.0 Å². The van der Waals surface area contributed by atoms with E-state index >= 15 is 0 Å². The number of amides is 1. The number of alkyl halides is 3. The van der Waals surface area contributed by atoms with Crippen LogP contribution in [-0.4, -0.2) is 27.6 Å². The molecule has 0 aliphatic carbocycles. The molecule has 2 rings (SSSR count). The Kier molecular flexibility index (Phi) is 4.88. The molecule has 114 valence electrons. The SMILES string of the molecule is Cc1nc(CC(=O)NCCc2nnc(C(F)(F)F)s2)cs1. The molecule has 0 saturated heterocycles. The number of carbonyl (C=O) groups is 1. The summed E-state index contributed by atoms with van der Waals surface area (Å²) in [6, 6.07) is 0. The van der Waals surface area contributed by atoms with Gasteiger partial charge in [-0.15, -0.1) is 21.5 Å². The van der Waals surface area contributed by atoms with Gasteiger partial charge in [0.1, 0.15) is 5.01 Å². The van der Waals surface area contributed by atoms with Crippen molar-refractivity contribution in [1.82, 2.24) is 20.5 Å². The zero-order valence-electron chi connectivity index (χ0n) is 10.9. The second-order valence-electron chi connectivity index (χ2n) is 4.13. The highest BCUT2D eigenvalue weighted by Crippen LogP contribution is 2.31. The summed E-state index contributed by atoms with van der Waals surface area (Å²) in [6.07, 6.45) is -4.09. The molecule has 0 fully saturated rings. The van der Waals surface area contributed by atoms with Crippen LogP contribution in [-0.2, 0) is 23.8 Å². The van der Waals surface area contributed by atoms with Crippen LogP contribution in [0, 0.1) is 6.92 Å². The standard InChI is InChI=1S/C11H11F3N4OS2/c1-6-16-7(5-20-6)4-8(19)15-3-2-9-17-18-10(21-9)11(12,13)14/h5H,2-4H2,1H3,(H,15,19). The summed E-state index contributed by atoms with van der Waals surface area (Å²) in [7, 11) is 0. The van der Waals surface area contributed by atoms with Gasteiger partial charge >= 0.3 is 6.18 Å². The topological polar surface area (TPSA) is 67.8 Å². The molecule has 0 radical (unpaired) electrons. The molecular weight excluding hydrogens is 325 g/mol. The van der Waals surface area contributed by atoms with E-state index in [4.69, 9.17) is 0 Å². The molecule has 1 N–H and O–H groups in total. The molecule has 2 heterocycles. The molecule has 10 heteroatoms. The van der Waals surface area contributed by atoms with Crippen LogP contribution in [0.4, 0.5) is 13.2 Å². The fourth-order valence-electron chi connectivity index (χ4n) is 1.49. The molecule has 0 aliphatic heterocycles. The predicted octanol–water partition coefficient (Wildman–Crippen LogP) is 2.22. The van der Waals surface area contributed by atoms with E-state index in [2.05, 4.69) is 20.5 Å². The summed E-state index contributed by atoms with van der Waals surface area (Å²) in [5.41, 5.74) is 0.685. The number of halogens is 3. The third-order valence-corrected chi connectivity index (χ3v) is 4.23. The maximum absolute atomic E-state index is 12.3. The summed E-state index contributed by atoms with van der Waals surface area (Å²) >= 11 is 1.95. The minimum Gasteiger partial charge on any atom is -0.355 e. The van der Waals surface area contributed by atoms with E-state index in [0.29, 0.717) is 17.0 Å². The highest BCUT2D eigenvalue weighted by Gasteiger charge is 2.35. The van der Waals surface area contributed by atoms with Gasteiger partial charge in [-0.05, 0) is 6.92 Å². The number of hydrogen-bond donors (Lipinski definition) is 1. The van der Waals surface area contributed by atoms with Crippen molar-refractivity contribution in [2.24, 2.45) is 0 Å². The maximum Gasteiger partial charge on any atom is 0.445 e. The number of nitrogens with zero attached hydrogens (tertiary/aromatic N) is 3. The van der Waals surface area contributed by atoms with Crippen LogP contribution in [0.15, 0.2) is 5.38 Å². The lowest BCUT2D eigenvalue weighted by Crippen LogP contribution is -2.27. The molecule has 0 bridgehead atoms. The van der Waals surface area contributed by atoms with Crippen molar-refractivity contribution in [3.8, 4) is 0 Å². The molecule has 21 heavy (non-hydrogen) atoms. The van der Waals surface area contributed by atoms with Crippen molar-refractivity contribution in [3.05, 3.63) is 26.1 Å². The Bertz CT molecular complexity index is 623. The summed E-state index contributed by atoms with van der Waals surface area (Å²) < 4.78 is 37.0. The van der Waals surface area contributed by atoms with Gasteiger partial charge in [0, 0.05) is 18.3 Å². The lowest BCUT2D eigenvalue weighted by Gasteiger charge is -2.01. The Labute approximate surface area is 126 Å². The van der Waals surface area contributed by atoms with Gasteiger partial charge in [0.15, 0.2) is 0 Å². The number of hydrogen-bond acceptors (Lipinski definition) is 6. The molecular formula is C11H11F3N4OS2. The van der Waals surface area contributed by atoms with Gasteiger partial charge in [-0.3, -0.25) is 4.79 Å². The van der Waals surface area contributed by atoms with Crippen molar-refractivity contribution >= 4 is 28.6 Å². The molecule has 0 unspecified atom stereocenters. The van der Waals surface area contributed by atoms with Crippen molar-refractivity contribution in [1.29, 1.82) is 0 Å². The molecule has 2 aromatic heterocycles. The quantitative estimate of drug-likeness (QED) is 0.909. The van der Waals surface area contributed by atoms with Gasteiger partial charge in [-0.2, -0.15) is 13.2 Å². The van der Waals surface area contributed by atoms with Crippen molar-refractivity contribution in [2.75, 3.05) is 6.54 Å². The first kappa shape index (κ1) is 15.8. The van der Waals surface area contributed by atoms with E-state index in [9.17, 15) is 18.0 Å². The van der Waals surface area contributed by atoms with Gasteiger partial charge in [0.05, 0.1) is 17.1 Å². The zero-order chi connectivity index (χ0) is 15.5. The molecule has 0 spiro atoms. The maximum atomic E-state index is 12.3. The summed E-state index contributed by atoms with van der Waals surface area (Å²) in [5.74, 6) is -0.221. The fraction of sp³-hybridized carbons (Fsp3) is 0.455. The Morgan fingerprint density at radius 1 is 1.38 bits per heavy atom. The molecule has 0 aliphatic rings. The first-order chi connectivity index (χ1) is 9.84. The van der Waals surface area contributed by atoms with Gasteiger partial charge in [0.25, 0.3) is 0 Å². The normalized spacial score (nSPS) is 11.6. The van der Waals surface area contributed by atoms with Crippen LogP contribution >= 0.6 is 22.7 Å². The van der Waals surface area contributed by atoms with Crippen LogP contribution in [0.3, 0.4) is 0 Å². The van der Waals surface area contributed by atoms with E-state index in [1.54, 1.807) is 5.38 Å². The Balaban J connectivity index is 1.76. The zero-order valence-corrected chi connectivity index (χ0v) is 12.5. The largest absolute Gasteiger partial charge is 0.445 e. The van der Waals surface area contributed by atoms with E-state index < -0.39 is 11.2 Å². The molecule has 0 aromatic carbocycles. The first-order valence-electron chi connectivity index (χ1n) is 5.92. The highest BCUT2D eigenvalue weighted by molar-refractivity contribution is 7.11. The number of aryl methyl sites for hydroxylation is 1. The highest BCUT2D eigenvalue weighted by atomic mass is 32.1. The Morgan fingerprint density at radius 3 is 2.71 bits per heavy atom. The third-order valence-electron chi connectivity index (χ3n) is 2.38. The average molecular weight is 336 g/mol. The summed E-state index contributed by atoms with van der Waals surface area (Å²) in [6.45, 7) is 2.06. The average Bonchev–Trinajstić information content (AvgIpc) is 2.98. The van der Waals surface area contributed by atoms with Crippen LogP contribution < -0.4 is 5.32 Å². The van der Waals surface area contributed by atoms with E-state index in [0.717, 1.165) is 5.01 Å². The predicted molar refractivity (Wildman–Crippen MR) is 72.2 cm³/mol. The van der Waals surface area contributed by atoms with Gasteiger partial charge in [-0.25, -0.2) is 4.98 Å². The lowest BCUT2D eigenvalue weighted by atomic mass is 10.3. The second kappa shape index (κ2) is 6.48. The summed E-state index contributed by atoms with van der Waals surface area (Å²) in [5, 5.41) is 11.1. The number of rotatable bonds is 5. The number of aromatic nitrogens is 3. The van der Waals surface area contributed by atoms with Crippen LogP contribution in [0.2, 0.25) is 0 Å². The molecule has 5 nitrogen and oxygen atoms in total. The van der Waals surface area contributed by atoms with E-state index in [-0.39, 0.29) is 30.3 Å². The first-order valence-corrected chi connectivity index (χ1v) is 7.61. The Morgan fingerprint density at radius 2 is 2.14 bits per heavy atom.